The van der Waals surface area contributed by atoms with Gasteiger partial charge in [-0.05, 0) is 62.4 Å². The van der Waals surface area contributed by atoms with Gasteiger partial charge in [-0.15, -0.1) is 0 Å². The van der Waals surface area contributed by atoms with Crippen LogP contribution in [0.3, 0.4) is 0 Å². The van der Waals surface area contributed by atoms with Crippen molar-refractivity contribution in [2.24, 2.45) is 0 Å². The van der Waals surface area contributed by atoms with E-state index >= 15 is 0 Å². The van der Waals surface area contributed by atoms with Gasteiger partial charge in [0.15, 0.2) is 5.60 Å². The minimum Gasteiger partial charge on any atom is -0.376 e. The first kappa shape index (κ1) is 21.7. The Morgan fingerprint density at radius 2 is 1.48 bits per heavy atom. The van der Waals surface area contributed by atoms with Gasteiger partial charge in [0.25, 0.3) is 5.91 Å². The van der Waals surface area contributed by atoms with Crippen LogP contribution in [-0.4, -0.2) is 47.3 Å². The molecule has 1 atom stereocenters. The monoisotopic (exact) mass is 432 g/mol. The van der Waals surface area contributed by atoms with Crippen LogP contribution in [0.15, 0.2) is 54.6 Å². The zero-order valence-electron chi connectivity index (χ0n) is 17.5. The maximum absolute atomic E-state index is 13.3. The molecule has 0 spiro atoms. The minimum atomic E-state index is -4.79. The normalized spacial score (nSPS) is 19.7. The molecule has 4 nitrogen and oxygen atoms in total. The van der Waals surface area contributed by atoms with Gasteiger partial charge in [-0.25, -0.2) is 0 Å². The number of hydrogen-bond acceptors (Lipinski definition) is 3. The average Bonchev–Trinajstić information content (AvgIpc) is 3.59. The number of rotatable bonds is 5. The van der Waals surface area contributed by atoms with E-state index in [2.05, 4.69) is 17.0 Å². The predicted molar refractivity (Wildman–Crippen MR) is 113 cm³/mol. The number of halogens is 3. The van der Waals surface area contributed by atoms with Crippen molar-refractivity contribution in [3.63, 3.8) is 0 Å². The zero-order chi connectivity index (χ0) is 22.2. The summed E-state index contributed by atoms with van der Waals surface area (Å²) >= 11 is 0. The molecule has 2 aromatic carbocycles. The van der Waals surface area contributed by atoms with Crippen molar-refractivity contribution in [3.8, 4) is 0 Å². The highest BCUT2D eigenvalue weighted by molar-refractivity contribution is 5.95. The number of carbonyl (C=O) groups excluding carboxylic acids is 1. The maximum atomic E-state index is 13.3. The number of anilines is 1. The largest absolute Gasteiger partial charge is 0.421 e. The van der Waals surface area contributed by atoms with E-state index in [1.165, 1.54) is 30.0 Å². The molecule has 7 heteroatoms. The van der Waals surface area contributed by atoms with Gasteiger partial charge >= 0.3 is 6.18 Å². The smallest absolute Gasteiger partial charge is 0.376 e. The van der Waals surface area contributed by atoms with Crippen LogP contribution in [0.5, 0.6) is 0 Å². The SMILES string of the molecule is CC(O)(c1ccc(C(=O)N(C2CC2)C2CCN(c3ccccc3)CC2)cc1)C(F)(F)F. The van der Waals surface area contributed by atoms with E-state index in [9.17, 15) is 23.1 Å². The van der Waals surface area contributed by atoms with E-state index in [-0.39, 0.29) is 23.6 Å². The van der Waals surface area contributed by atoms with E-state index in [4.69, 9.17) is 0 Å². The lowest BCUT2D eigenvalue weighted by Gasteiger charge is -2.40. The Kier molecular flexibility index (Phi) is 5.73. The molecule has 0 bridgehead atoms. The number of carbonyl (C=O) groups is 1. The fourth-order valence-corrected chi connectivity index (χ4v) is 4.27. The Labute approximate surface area is 180 Å². The van der Waals surface area contributed by atoms with Gasteiger partial charge in [0.05, 0.1) is 0 Å². The second kappa shape index (κ2) is 8.19. The summed E-state index contributed by atoms with van der Waals surface area (Å²) < 4.78 is 39.3. The van der Waals surface area contributed by atoms with Gasteiger partial charge in [0.1, 0.15) is 0 Å². The molecule has 1 amide bonds. The second-order valence-corrected chi connectivity index (χ2v) is 8.64. The van der Waals surface area contributed by atoms with Crippen molar-refractivity contribution < 1.29 is 23.1 Å². The Balaban J connectivity index is 1.46. The molecule has 1 saturated carbocycles. The van der Waals surface area contributed by atoms with Crippen LogP contribution in [0.2, 0.25) is 0 Å². The number of aliphatic hydroxyl groups is 1. The number of amides is 1. The molecule has 1 saturated heterocycles. The number of hydrogen-bond donors (Lipinski definition) is 1. The molecule has 1 heterocycles. The van der Waals surface area contributed by atoms with Crippen molar-refractivity contribution in [1.29, 1.82) is 0 Å². The summed E-state index contributed by atoms with van der Waals surface area (Å²) in [5.41, 5.74) is -1.68. The van der Waals surface area contributed by atoms with Crippen LogP contribution in [-0.2, 0) is 5.60 Å². The van der Waals surface area contributed by atoms with Gasteiger partial charge in [0.2, 0.25) is 0 Å². The molecule has 2 aromatic rings. The fourth-order valence-electron chi connectivity index (χ4n) is 4.27. The van der Waals surface area contributed by atoms with Gasteiger partial charge in [-0.1, -0.05) is 30.3 Å². The minimum absolute atomic E-state index is 0.123. The summed E-state index contributed by atoms with van der Waals surface area (Å²) in [5, 5.41) is 9.86. The van der Waals surface area contributed by atoms with Gasteiger partial charge in [-0.3, -0.25) is 4.79 Å². The Bertz CT molecular complexity index is 901. The number of piperidine rings is 1. The number of alkyl halides is 3. The van der Waals surface area contributed by atoms with E-state index < -0.39 is 11.8 Å². The number of para-hydroxylation sites is 1. The maximum Gasteiger partial charge on any atom is 0.421 e. The van der Waals surface area contributed by atoms with Crippen molar-refractivity contribution in [1.82, 2.24) is 4.90 Å². The quantitative estimate of drug-likeness (QED) is 0.743. The highest BCUT2D eigenvalue weighted by atomic mass is 19.4. The molecular weight excluding hydrogens is 405 g/mol. The topological polar surface area (TPSA) is 43.8 Å². The first-order chi connectivity index (χ1) is 14.7. The Morgan fingerprint density at radius 3 is 2.00 bits per heavy atom. The highest BCUT2D eigenvalue weighted by Gasteiger charge is 2.51. The lowest BCUT2D eigenvalue weighted by molar-refractivity contribution is -0.258. The average molecular weight is 432 g/mol. The summed E-state index contributed by atoms with van der Waals surface area (Å²) in [4.78, 5) is 17.5. The molecule has 166 valence electrons. The molecule has 2 fully saturated rings. The van der Waals surface area contributed by atoms with Crippen molar-refractivity contribution >= 4 is 11.6 Å². The standard InChI is InChI=1S/C24H27F3N2O2/c1-23(31,24(25,26)27)18-9-7-17(8-10-18)22(30)29(20-11-12-20)21-13-15-28(16-14-21)19-5-3-2-4-6-19/h2-10,20-21,31H,11-16H2,1H3. The molecule has 1 N–H and O–H groups in total. The summed E-state index contributed by atoms with van der Waals surface area (Å²) in [6.07, 6.45) is -1.14. The first-order valence-electron chi connectivity index (χ1n) is 10.7. The molecule has 1 unspecified atom stereocenters. The van der Waals surface area contributed by atoms with E-state index in [1.807, 2.05) is 23.1 Å². The number of nitrogens with zero attached hydrogens (tertiary/aromatic N) is 2. The molecule has 31 heavy (non-hydrogen) atoms. The molecule has 0 radical (unpaired) electrons. The van der Waals surface area contributed by atoms with Crippen LogP contribution >= 0.6 is 0 Å². The van der Waals surface area contributed by atoms with Crippen LogP contribution in [0.25, 0.3) is 0 Å². The summed E-state index contributed by atoms with van der Waals surface area (Å²) in [5.74, 6) is -0.140. The third kappa shape index (κ3) is 4.42. The Hall–Kier alpha value is -2.54. The lowest BCUT2D eigenvalue weighted by atomic mass is 9.94. The molecule has 4 rings (SSSR count). The molecule has 1 aliphatic heterocycles. The first-order valence-corrected chi connectivity index (χ1v) is 10.7. The van der Waals surface area contributed by atoms with Crippen molar-refractivity contribution in [2.75, 3.05) is 18.0 Å². The van der Waals surface area contributed by atoms with Crippen LogP contribution in [0.4, 0.5) is 18.9 Å². The molecule has 0 aromatic heterocycles. The van der Waals surface area contributed by atoms with Crippen molar-refractivity contribution in [2.45, 2.75) is 56.5 Å². The molecule has 2 aliphatic rings. The zero-order valence-corrected chi connectivity index (χ0v) is 17.5. The van der Waals surface area contributed by atoms with Crippen LogP contribution in [0.1, 0.15) is 48.5 Å². The summed E-state index contributed by atoms with van der Waals surface area (Å²) in [6.45, 7) is 2.44. The van der Waals surface area contributed by atoms with E-state index in [0.29, 0.717) is 5.56 Å². The van der Waals surface area contributed by atoms with Gasteiger partial charge < -0.3 is 14.9 Å². The Morgan fingerprint density at radius 1 is 0.935 bits per heavy atom. The van der Waals surface area contributed by atoms with E-state index in [0.717, 1.165) is 45.7 Å². The molecule has 1 aliphatic carbocycles. The van der Waals surface area contributed by atoms with Crippen LogP contribution in [0, 0.1) is 0 Å². The molecular formula is C24H27F3N2O2. The third-order valence-electron chi connectivity index (χ3n) is 6.40. The lowest BCUT2D eigenvalue weighted by Crippen LogP contribution is -2.48. The fraction of sp³-hybridized carbons (Fsp3) is 0.458. The third-order valence-corrected chi connectivity index (χ3v) is 6.40. The highest BCUT2D eigenvalue weighted by Crippen LogP contribution is 2.39. The second-order valence-electron chi connectivity index (χ2n) is 8.64. The van der Waals surface area contributed by atoms with Gasteiger partial charge in [-0.2, -0.15) is 13.2 Å². The summed E-state index contributed by atoms with van der Waals surface area (Å²) in [6, 6.07) is 15.7. The van der Waals surface area contributed by atoms with E-state index in [1.54, 1.807) is 0 Å². The summed E-state index contributed by atoms with van der Waals surface area (Å²) in [7, 11) is 0. The predicted octanol–water partition coefficient (Wildman–Crippen LogP) is 4.73. The van der Waals surface area contributed by atoms with Crippen molar-refractivity contribution in [3.05, 3.63) is 65.7 Å². The van der Waals surface area contributed by atoms with Gasteiger partial charge in [0, 0.05) is 36.4 Å². The van der Waals surface area contributed by atoms with Crippen LogP contribution < -0.4 is 4.90 Å². The number of benzene rings is 2.